The molecule has 4 rings (SSSR count). The van der Waals surface area contributed by atoms with Crippen LogP contribution in [0.15, 0.2) is 73.1 Å². The van der Waals surface area contributed by atoms with Crippen LogP contribution in [0.4, 0.5) is 0 Å². The van der Waals surface area contributed by atoms with Gasteiger partial charge in [0, 0.05) is 38.6 Å². The normalized spacial score (nSPS) is 16.6. The topological polar surface area (TPSA) is 79.3 Å². The second-order valence-corrected chi connectivity index (χ2v) is 7.68. The summed E-state index contributed by atoms with van der Waals surface area (Å²) in [7, 11) is 0. The Bertz CT molecular complexity index is 987. The summed E-state index contributed by atoms with van der Waals surface area (Å²) in [5.41, 5.74) is 3.20. The lowest BCUT2D eigenvalue weighted by Gasteiger charge is -2.34. The van der Waals surface area contributed by atoms with Crippen LogP contribution in [0.3, 0.4) is 0 Å². The van der Waals surface area contributed by atoms with Gasteiger partial charge in [-0.3, -0.25) is 14.5 Å². The molecule has 0 spiro atoms. The van der Waals surface area contributed by atoms with Crippen LogP contribution in [0.1, 0.15) is 17.5 Å². The van der Waals surface area contributed by atoms with Gasteiger partial charge in [-0.2, -0.15) is 5.10 Å². The SMILES string of the molecule is O=C(CC1C(=O)NCCN1CCc1ccccc1)NCc1ccc(-n2cccn2)cc1. The molecule has 1 unspecified atom stereocenters. The van der Waals surface area contributed by atoms with Crippen molar-refractivity contribution in [2.75, 3.05) is 19.6 Å². The average Bonchev–Trinajstić information content (AvgIpc) is 3.34. The Morgan fingerprint density at radius 3 is 2.61 bits per heavy atom. The molecule has 1 aliphatic heterocycles. The van der Waals surface area contributed by atoms with Crippen molar-refractivity contribution in [3.8, 4) is 5.69 Å². The minimum absolute atomic E-state index is 0.0713. The number of aromatic nitrogens is 2. The highest BCUT2D eigenvalue weighted by Gasteiger charge is 2.31. The van der Waals surface area contributed by atoms with Gasteiger partial charge in [0.2, 0.25) is 11.8 Å². The van der Waals surface area contributed by atoms with Crippen molar-refractivity contribution >= 4 is 11.8 Å². The minimum atomic E-state index is -0.431. The van der Waals surface area contributed by atoms with E-state index in [1.807, 2.05) is 54.7 Å². The van der Waals surface area contributed by atoms with Crippen molar-refractivity contribution in [2.24, 2.45) is 0 Å². The lowest BCUT2D eigenvalue weighted by Crippen LogP contribution is -2.56. The summed E-state index contributed by atoms with van der Waals surface area (Å²) in [6.07, 6.45) is 4.63. The zero-order chi connectivity index (χ0) is 21.5. The second kappa shape index (κ2) is 10.0. The van der Waals surface area contributed by atoms with E-state index < -0.39 is 6.04 Å². The van der Waals surface area contributed by atoms with Crippen molar-refractivity contribution in [1.82, 2.24) is 25.3 Å². The van der Waals surface area contributed by atoms with E-state index in [4.69, 9.17) is 0 Å². The zero-order valence-electron chi connectivity index (χ0n) is 17.4. The fourth-order valence-electron chi connectivity index (χ4n) is 3.81. The molecule has 1 atom stereocenters. The van der Waals surface area contributed by atoms with Crippen molar-refractivity contribution in [1.29, 1.82) is 0 Å². The van der Waals surface area contributed by atoms with E-state index in [1.54, 1.807) is 10.9 Å². The van der Waals surface area contributed by atoms with Gasteiger partial charge in [-0.25, -0.2) is 4.68 Å². The Morgan fingerprint density at radius 2 is 1.87 bits per heavy atom. The highest BCUT2D eigenvalue weighted by molar-refractivity contribution is 5.88. The maximum Gasteiger partial charge on any atom is 0.237 e. The van der Waals surface area contributed by atoms with Gasteiger partial charge in [-0.05, 0) is 35.7 Å². The quantitative estimate of drug-likeness (QED) is 0.587. The predicted octanol–water partition coefficient (Wildman–Crippen LogP) is 1.92. The molecule has 160 valence electrons. The monoisotopic (exact) mass is 417 g/mol. The molecule has 1 aliphatic rings. The van der Waals surface area contributed by atoms with E-state index in [0.717, 1.165) is 30.8 Å². The molecule has 2 amide bonds. The van der Waals surface area contributed by atoms with Crippen LogP contribution < -0.4 is 10.6 Å². The Hall–Kier alpha value is -3.45. The molecule has 2 N–H and O–H groups in total. The predicted molar refractivity (Wildman–Crippen MR) is 119 cm³/mol. The Labute approximate surface area is 182 Å². The first-order chi connectivity index (χ1) is 15.2. The number of hydrogen-bond donors (Lipinski definition) is 2. The molecular weight excluding hydrogens is 390 g/mol. The number of nitrogens with one attached hydrogen (secondary N) is 2. The summed E-state index contributed by atoms with van der Waals surface area (Å²) in [6, 6.07) is 19.5. The molecule has 3 aromatic rings. The zero-order valence-corrected chi connectivity index (χ0v) is 17.4. The fraction of sp³-hybridized carbons (Fsp3) is 0.292. The lowest BCUT2D eigenvalue weighted by atomic mass is 10.1. The van der Waals surface area contributed by atoms with E-state index in [-0.39, 0.29) is 18.2 Å². The van der Waals surface area contributed by atoms with Crippen molar-refractivity contribution in [3.63, 3.8) is 0 Å². The highest BCUT2D eigenvalue weighted by Crippen LogP contribution is 2.12. The summed E-state index contributed by atoms with van der Waals surface area (Å²) < 4.78 is 1.79. The number of amides is 2. The van der Waals surface area contributed by atoms with Gasteiger partial charge < -0.3 is 10.6 Å². The van der Waals surface area contributed by atoms with Crippen molar-refractivity contribution < 1.29 is 9.59 Å². The number of nitrogens with zero attached hydrogens (tertiary/aromatic N) is 3. The minimum Gasteiger partial charge on any atom is -0.353 e. The largest absolute Gasteiger partial charge is 0.353 e. The number of benzene rings is 2. The first-order valence-corrected chi connectivity index (χ1v) is 10.6. The van der Waals surface area contributed by atoms with Gasteiger partial charge in [0.25, 0.3) is 0 Å². The van der Waals surface area contributed by atoms with Crippen molar-refractivity contribution in [3.05, 3.63) is 84.2 Å². The van der Waals surface area contributed by atoms with E-state index >= 15 is 0 Å². The van der Waals surface area contributed by atoms with Crippen LogP contribution in [-0.4, -0.2) is 52.2 Å². The van der Waals surface area contributed by atoms with Crippen LogP contribution in [0.2, 0.25) is 0 Å². The molecule has 31 heavy (non-hydrogen) atoms. The molecule has 7 heteroatoms. The molecule has 1 saturated heterocycles. The van der Waals surface area contributed by atoms with E-state index in [9.17, 15) is 9.59 Å². The summed E-state index contributed by atoms with van der Waals surface area (Å²) >= 11 is 0. The standard InChI is InChI=1S/C24H27N5O2/c30-23(26-18-20-7-9-21(10-8-20)29-14-4-12-27-29)17-22-24(31)25-13-16-28(22)15-11-19-5-2-1-3-6-19/h1-10,12,14,22H,11,13,15-18H2,(H,25,31)(H,26,30). The van der Waals surface area contributed by atoms with E-state index in [0.29, 0.717) is 13.1 Å². The third kappa shape index (κ3) is 5.58. The van der Waals surface area contributed by atoms with Gasteiger partial charge in [0.15, 0.2) is 0 Å². The molecule has 0 radical (unpaired) electrons. The molecular formula is C24H27N5O2. The van der Waals surface area contributed by atoms with Gasteiger partial charge >= 0.3 is 0 Å². The van der Waals surface area contributed by atoms with Crippen LogP contribution >= 0.6 is 0 Å². The number of rotatable bonds is 8. The molecule has 0 saturated carbocycles. The molecule has 2 heterocycles. The lowest BCUT2D eigenvalue weighted by molar-refractivity contribution is -0.133. The van der Waals surface area contributed by atoms with Crippen LogP contribution in [0.5, 0.6) is 0 Å². The Balaban J connectivity index is 1.29. The Morgan fingerprint density at radius 1 is 1.06 bits per heavy atom. The van der Waals surface area contributed by atoms with Gasteiger partial charge in [0.05, 0.1) is 18.2 Å². The molecule has 1 fully saturated rings. The fourth-order valence-corrected chi connectivity index (χ4v) is 3.81. The molecule has 0 aliphatic carbocycles. The van der Waals surface area contributed by atoms with Gasteiger partial charge in [0.1, 0.15) is 0 Å². The number of carbonyl (C=O) groups is 2. The average molecular weight is 418 g/mol. The summed E-state index contributed by atoms with van der Waals surface area (Å²) in [6.45, 7) is 2.56. The van der Waals surface area contributed by atoms with Gasteiger partial charge in [-0.15, -0.1) is 0 Å². The Kier molecular flexibility index (Phi) is 6.74. The van der Waals surface area contributed by atoms with E-state index in [2.05, 4.69) is 32.8 Å². The smallest absolute Gasteiger partial charge is 0.237 e. The third-order valence-corrected chi connectivity index (χ3v) is 5.55. The third-order valence-electron chi connectivity index (χ3n) is 5.55. The van der Waals surface area contributed by atoms with Crippen molar-refractivity contribution in [2.45, 2.75) is 25.4 Å². The van der Waals surface area contributed by atoms with Crippen LogP contribution in [0.25, 0.3) is 5.69 Å². The van der Waals surface area contributed by atoms with Gasteiger partial charge in [-0.1, -0.05) is 42.5 Å². The summed E-state index contributed by atoms with van der Waals surface area (Å²) in [5, 5.41) is 10.0. The maximum absolute atomic E-state index is 12.6. The highest BCUT2D eigenvalue weighted by atomic mass is 16.2. The molecule has 2 aromatic carbocycles. The summed E-state index contributed by atoms with van der Waals surface area (Å²) in [4.78, 5) is 27.1. The molecule has 0 bridgehead atoms. The van der Waals surface area contributed by atoms with Crippen LogP contribution in [0, 0.1) is 0 Å². The second-order valence-electron chi connectivity index (χ2n) is 7.68. The maximum atomic E-state index is 12.6. The van der Waals surface area contributed by atoms with Crippen LogP contribution in [-0.2, 0) is 22.6 Å². The molecule has 1 aromatic heterocycles. The summed E-state index contributed by atoms with van der Waals surface area (Å²) in [5.74, 6) is -0.194. The number of carbonyl (C=O) groups excluding carboxylic acids is 2. The number of piperazine rings is 1. The first kappa shape index (κ1) is 20.8. The first-order valence-electron chi connectivity index (χ1n) is 10.6. The number of hydrogen-bond acceptors (Lipinski definition) is 4. The van der Waals surface area contributed by atoms with E-state index in [1.165, 1.54) is 5.56 Å². The molecule has 7 nitrogen and oxygen atoms in total.